The largest absolute Gasteiger partial charge is 0.489 e. The van der Waals surface area contributed by atoms with Crippen LogP contribution >= 0.6 is 0 Å². The van der Waals surface area contributed by atoms with Crippen LogP contribution in [-0.4, -0.2) is 31.6 Å². The second-order valence-corrected chi connectivity index (χ2v) is 9.32. The fourth-order valence-electron chi connectivity index (χ4n) is 5.42. The van der Waals surface area contributed by atoms with E-state index in [0.717, 1.165) is 29.9 Å². The molecular formula is C27H28N4O2. The SMILES string of the molecule is Cc1ccc(COc2ccn(-c3ccc4c5c(n(C)c4c3)CC3CCCN3C5)c(=O)c2)cn1. The van der Waals surface area contributed by atoms with E-state index in [1.54, 1.807) is 23.0 Å². The zero-order chi connectivity index (χ0) is 22.5. The Kier molecular flexibility index (Phi) is 4.84. The molecular weight excluding hydrogens is 412 g/mol. The summed E-state index contributed by atoms with van der Waals surface area (Å²) in [5.41, 5.74) is 6.82. The van der Waals surface area contributed by atoms with Crippen molar-refractivity contribution in [2.24, 2.45) is 7.05 Å². The predicted molar refractivity (Wildman–Crippen MR) is 129 cm³/mol. The van der Waals surface area contributed by atoms with Gasteiger partial charge in [-0.3, -0.25) is 19.2 Å². The summed E-state index contributed by atoms with van der Waals surface area (Å²) in [4.78, 5) is 19.8. The first-order valence-corrected chi connectivity index (χ1v) is 11.7. The van der Waals surface area contributed by atoms with Crippen LogP contribution in [0.15, 0.2) is 59.7 Å². The van der Waals surface area contributed by atoms with Crippen molar-refractivity contribution in [2.45, 2.75) is 45.4 Å². The summed E-state index contributed by atoms with van der Waals surface area (Å²) in [7, 11) is 2.16. The lowest BCUT2D eigenvalue weighted by Crippen LogP contribution is -2.35. The van der Waals surface area contributed by atoms with Crippen molar-refractivity contribution in [3.05, 3.63) is 87.7 Å². The molecule has 0 aliphatic carbocycles. The van der Waals surface area contributed by atoms with Gasteiger partial charge in [0.25, 0.3) is 5.56 Å². The van der Waals surface area contributed by atoms with Gasteiger partial charge < -0.3 is 9.30 Å². The van der Waals surface area contributed by atoms with E-state index in [2.05, 4.69) is 39.7 Å². The van der Waals surface area contributed by atoms with Crippen LogP contribution in [-0.2, 0) is 26.6 Å². The van der Waals surface area contributed by atoms with E-state index in [1.165, 1.54) is 41.5 Å². The molecule has 33 heavy (non-hydrogen) atoms. The predicted octanol–water partition coefficient (Wildman–Crippen LogP) is 4.13. The van der Waals surface area contributed by atoms with E-state index in [1.807, 2.05) is 25.1 Å². The van der Waals surface area contributed by atoms with Crippen molar-refractivity contribution in [3.8, 4) is 11.4 Å². The molecule has 4 aromatic rings. The van der Waals surface area contributed by atoms with E-state index in [0.29, 0.717) is 18.4 Å². The van der Waals surface area contributed by atoms with E-state index >= 15 is 0 Å². The number of aromatic nitrogens is 3. The van der Waals surface area contributed by atoms with Crippen LogP contribution in [0.3, 0.4) is 0 Å². The third-order valence-corrected chi connectivity index (χ3v) is 7.26. The Hall–Kier alpha value is -3.38. The molecule has 0 N–H and O–H groups in total. The molecule has 0 spiro atoms. The van der Waals surface area contributed by atoms with Crippen LogP contribution in [0.25, 0.3) is 16.6 Å². The Balaban J connectivity index is 1.28. The topological polar surface area (TPSA) is 52.3 Å². The molecule has 5 heterocycles. The molecule has 1 unspecified atom stereocenters. The number of benzene rings is 1. The number of pyridine rings is 2. The van der Waals surface area contributed by atoms with E-state index in [9.17, 15) is 4.79 Å². The Bertz CT molecular complexity index is 1400. The maximum atomic E-state index is 12.9. The van der Waals surface area contributed by atoms with Crippen molar-refractivity contribution in [1.29, 1.82) is 0 Å². The molecule has 0 amide bonds. The van der Waals surface area contributed by atoms with Gasteiger partial charge in [-0.2, -0.15) is 0 Å². The molecule has 1 atom stereocenters. The summed E-state index contributed by atoms with van der Waals surface area (Å²) in [6, 6.07) is 14.4. The maximum Gasteiger partial charge on any atom is 0.258 e. The van der Waals surface area contributed by atoms with Crippen molar-refractivity contribution in [1.82, 2.24) is 19.0 Å². The Morgan fingerprint density at radius 2 is 2.06 bits per heavy atom. The quantitative estimate of drug-likeness (QED) is 0.479. The van der Waals surface area contributed by atoms with E-state index in [-0.39, 0.29) is 5.56 Å². The van der Waals surface area contributed by atoms with Crippen molar-refractivity contribution >= 4 is 10.9 Å². The molecule has 0 bridgehead atoms. The first kappa shape index (κ1) is 20.2. The van der Waals surface area contributed by atoms with Crippen LogP contribution in [0, 0.1) is 6.92 Å². The highest BCUT2D eigenvalue weighted by Crippen LogP contribution is 2.36. The molecule has 1 aromatic carbocycles. The fraction of sp³-hybridized carbons (Fsp3) is 0.333. The summed E-state index contributed by atoms with van der Waals surface area (Å²) in [6.45, 7) is 4.59. The second-order valence-electron chi connectivity index (χ2n) is 9.32. The normalized spacial score (nSPS) is 17.8. The average molecular weight is 441 g/mol. The van der Waals surface area contributed by atoms with E-state index in [4.69, 9.17) is 4.74 Å². The third-order valence-electron chi connectivity index (χ3n) is 7.26. The highest BCUT2D eigenvalue weighted by atomic mass is 16.5. The van der Waals surface area contributed by atoms with Gasteiger partial charge in [-0.1, -0.05) is 12.1 Å². The lowest BCUT2D eigenvalue weighted by atomic mass is 9.99. The van der Waals surface area contributed by atoms with Gasteiger partial charge in [0.1, 0.15) is 12.4 Å². The minimum absolute atomic E-state index is 0.103. The first-order chi connectivity index (χ1) is 16.1. The monoisotopic (exact) mass is 440 g/mol. The number of hydrogen-bond acceptors (Lipinski definition) is 4. The fourth-order valence-corrected chi connectivity index (χ4v) is 5.42. The van der Waals surface area contributed by atoms with Gasteiger partial charge in [0.05, 0.1) is 11.2 Å². The number of fused-ring (bicyclic) bond motifs is 4. The molecule has 6 heteroatoms. The highest BCUT2D eigenvalue weighted by Gasteiger charge is 2.32. The zero-order valence-electron chi connectivity index (χ0n) is 19.1. The van der Waals surface area contributed by atoms with Crippen LogP contribution < -0.4 is 10.3 Å². The molecule has 0 radical (unpaired) electrons. The molecule has 6 nitrogen and oxygen atoms in total. The highest BCUT2D eigenvalue weighted by molar-refractivity contribution is 5.87. The van der Waals surface area contributed by atoms with E-state index < -0.39 is 0 Å². The Labute approximate surface area is 193 Å². The first-order valence-electron chi connectivity index (χ1n) is 11.7. The van der Waals surface area contributed by atoms with Gasteiger partial charge in [0.15, 0.2) is 0 Å². The molecule has 3 aromatic heterocycles. The summed E-state index contributed by atoms with van der Waals surface area (Å²) < 4.78 is 9.84. The Morgan fingerprint density at radius 3 is 2.88 bits per heavy atom. The van der Waals surface area contributed by atoms with Gasteiger partial charge >= 0.3 is 0 Å². The van der Waals surface area contributed by atoms with Crippen LogP contribution in [0.2, 0.25) is 0 Å². The van der Waals surface area contributed by atoms with Gasteiger partial charge in [-0.15, -0.1) is 0 Å². The van der Waals surface area contributed by atoms with Crippen molar-refractivity contribution in [3.63, 3.8) is 0 Å². The standard InChI is InChI=1S/C27H28N4O2/c1-18-5-6-19(15-28-18)17-33-22-9-11-31(27(32)14-22)21-7-8-23-24-16-30-10-3-4-20(30)12-26(24)29(2)25(23)13-21/h5-9,11,13-15,20H,3-4,10,12,16-17H2,1-2H3. The maximum absolute atomic E-state index is 12.9. The van der Waals surface area contributed by atoms with Crippen LogP contribution in [0.5, 0.6) is 5.75 Å². The number of ether oxygens (including phenoxy) is 1. The summed E-state index contributed by atoms with van der Waals surface area (Å²) >= 11 is 0. The molecule has 0 saturated carbocycles. The molecule has 1 fully saturated rings. The van der Waals surface area contributed by atoms with Gasteiger partial charge in [0, 0.05) is 66.9 Å². The second kappa shape index (κ2) is 7.89. The smallest absolute Gasteiger partial charge is 0.258 e. The molecule has 1 saturated heterocycles. The molecule has 6 rings (SSSR count). The Morgan fingerprint density at radius 1 is 1.15 bits per heavy atom. The lowest BCUT2D eigenvalue weighted by Gasteiger charge is -2.30. The summed E-state index contributed by atoms with van der Waals surface area (Å²) in [6.07, 6.45) is 7.33. The number of nitrogens with zero attached hydrogens (tertiary/aromatic N) is 4. The van der Waals surface area contributed by atoms with Gasteiger partial charge in [-0.05, 0) is 56.1 Å². The summed E-state index contributed by atoms with van der Waals surface area (Å²) in [5, 5.41) is 1.31. The van der Waals surface area contributed by atoms with Crippen molar-refractivity contribution < 1.29 is 4.74 Å². The van der Waals surface area contributed by atoms with Crippen LogP contribution in [0.1, 0.15) is 35.4 Å². The van der Waals surface area contributed by atoms with Crippen molar-refractivity contribution in [2.75, 3.05) is 6.54 Å². The molecule has 168 valence electrons. The zero-order valence-corrected chi connectivity index (χ0v) is 19.1. The third kappa shape index (κ3) is 3.55. The molecule has 2 aliphatic heterocycles. The molecule has 2 aliphatic rings. The summed E-state index contributed by atoms with van der Waals surface area (Å²) in [5.74, 6) is 0.563. The van der Waals surface area contributed by atoms with Crippen LogP contribution in [0.4, 0.5) is 0 Å². The minimum Gasteiger partial charge on any atom is -0.489 e. The minimum atomic E-state index is -0.103. The van der Waals surface area contributed by atoms with Gasteiger partial charge in [0.2, 0.25) is 0 Å². The number of aryl methyl sites for hydroxylation is 2. The number of rotatable bonds is 4. The lowest BCUT2D eigenvalue weighted by molar-refractivity contribution is 0.225. The average Bonchev–Trinajstić information content (AvgIpc) is 3.39. The van der Waals surface area contributed by atoms with Gasteiger partial charge in [-0.25, -0.2) is 0 Å². The number of hydrogen-bond donors (Lipinski definition) is 0.